The molecule has 1 aliphatic carbocycles. The molecule has 1 aliphatic rings. The Labute approximate surface area is 190 Å². The van der Waals surface area contributed by atoms with E-state index in [2.05, 4.69) is 39.1 Å². The van der Waals surface area contributed by atoms with Gasteiger partial charge >= 0.3 is 0 Å². The van der Waals surface area contributed by atoms with E-state index < -0.39 is 0 Å². The lowest BCUT2D eigenvalue weighted by molar-refractivity contribution is -0.113. The number of anilines is 1. The highest BCUT2D eigenvalue weighted by Gasteiger charge is 2.25. The normalized spacial score (nSPS) is 15.5. The van der Waals surface area contributed by atoms with Gasteiger partial charge in [0.1, 0.15) is 16.9 Å². The summed E-state index contributed by atoms with van der Waals surface area (Å²) in [6.07, 6.45) is 6.91. The zero-order chi connectivity index (χ0) is 22.0. The predicted molar refractivity (Wildman–Crippen MR) is 123 cm³/mol. The van der Waals surface area contributed by atoms with Gasteiger partial charge in [0, 0.05) is 37.3 Å². The number of nitrogens with zero attached hydrogens (tertiary/aromatic N) is 5. The van der Waals surface area contributed by atoms with Crippen molar-refractivity contribution >= 4 is 34.0 Å². The molecule has 1 N–H and O–H groups in total. The Hall–Kier alpha value is -2.57. The fraction of sp³-hybridized carbons (Fsp3) is 0.455. The van der Waals surface area contributed by atoms with Crippen LogP contribution in [0, 0.1) is 17.2 Å². The number of thioether (sulfide) groups is 1. The summed E-state index contributed by atoms with van der Waals surface area (Å²) in [7, 11) is 3.93. The van der Waals surface area contributed by atoms with Crippen molar-refractivity contribution in [2.24, 2.45) is 20.0 Å². The van der Waals surface area contributed by atoms with E-state index in [1.54, 1.807) is 11.3 Å². The number of aromatic nitrogens is 4. The zero-order valence-corrected chi connectivity index (χ0v) is 19.6. The molecule has 3 aromatic rings. The van der Waals surface area contributed by atoms with Crippen molar-refractivity contribution in [3.05, 3.63) is 45.9 Å². The highest BCUT2D eigenvalue weighted by Crippen LogP contribution is 2.40. The van der Waals surface area contributed by atoms with E-state index in [0.29, 0.717) is 28.1 Å². The second-order valence-corrected chi connectivity index (χ2v) is 9.97. The minimum absolute atomic E-state index is 0.126. The number of carbonyl (C=O) groups excluding carboxylic acids is 1. The third-order valence-electron chi connectivity index (χ3n) is 5.96. The molecule has 0 aliphatic heterocycles. The first-order valence-corrected chi connectivity index (χ1v) is 12.3. The Bertz CT molecular complexity index is 1140. The largest absolute Gasteiger partial charge is 0.354 e. The number of hydrogen-bond donors (Lipinski definition) is 1. The summed E-state index contributed by atoms with van der Waals surface area (Å²) in [4.78, 5) is 13.9. The van der Waals surface area contributed by atoms with E-state index in [9.17, 15) is 10.1 Å². The Morgan fingerprint density at radius 3 is 2.97 bits per heavy atom. The maximum Gasteiger partial charge on any atom is 0.235 e. The van der Waals surface area contributed by atoms with Crippen LogP contribution in [0.5, 0.6) is 0 Å². The molecule has 1 amide bonds. The van der Waals surface area contributed by atoms with Gasteiger partial charge in [0.05, 0.1) is 11.3 Å². The lowest BCUT2D eigenvalue weighted by Gasteiger charge is -2.20. The van der Waals surface area contributed by atoms with Crippen LogP contribution in [-0.2, 0) is 38.2 Å². The lowest BCUT2D eigenvalue weighted by atomic mass is 9.86. The number of thiophene rings is 1. The molecule has 0 saturated heterocycles. The molecule has 3 aromatic heterocycles. The molecule has 162 valence electrons. The standard InChI is InChI=1S/C22H26N6OS2/c1-4-14-7-8-16-17(12-23)21(31-18(16)10-14)24-20(29)13-30-22-26-25-19(28(22)3)11-15-6-5-9-27(15)2/h5-6,9,14H,4,7-8,10-11,13H2,1-3H3,(H,24,29). The molecule has 7 nitrogen and oxygen atoms in total. The van der Waals surface area contributed by atoms with Gasteiger partial charge in [0.2, 0.25) is 5.91 Å². The maximum absolute atomic E-state index is 12.6. The van der Waals surface area contributed by atoms with Crippen molar-refractivity contribution in [3.8, 4) is 6.07 Å². The summed E-state index contributed by atoms with van der Waals surface area (Å²) in [6.45, 7) is 2.21. The minimum atomic E-state index is -0.126. The first-order valence-electron chi connectivity index (χ1n) is 10.5. The Balaban J connectivity index is 1.39. The quantitative estimate of drug-likeness (QED) is 0.547. The zero-order valence-electron chi connectivity index (χ0n) is 18.0. The molecule has 0 spiro atoms. The summed E-state index contributed by atoms with van der Waals surface area (Å²) in [5.41, 5.74) is 2.94. The van der Waals surface area contributed by atoms with Crippen molar-refractivity contribution in [1.29, 1.82) is 5.26 Å². The van der Waals surface area contributed by atoms with Gasteiger partial charge in [-0.25, -0.2) is 0 Å². The number of carbonyl (C=O) groups is 1. The van der Waals surface area contributed by atoms with Crippen LogP contribution in [0.25, 0.3) is 0 Å². The number of aryl methyl sites for hydroxylation is 1. The van der Waals surface area contributed by atoms with Crippen molar-refractivity contribution < 1.29 is 4.79 Å². The first kappa shape index (κ1) is 21.7. The van der Waals surface area contributed by atoms with Crippen LogP contribution in [0.15, 0.2) is 23.5 Å². The topological polar surface area (TPSA) is 88.5 Å². The monoisotopic (exact) mass is 454 g/mol. The molecule has 0 fully saturated rings. The number of nitrogens with one attached hydrogen (secondary N) is 1. The summed E-state index contributed by atoms with van der Waals surface area (Å²) in [5.74, 6) is 1.63. The highest BCUT2D eigenvalue weighted by molar-refractivity contribution is 7.99. The average Bonchev–Trinajstić information content (AvgIpc) is 3.43. The average molecular weight is 455 g/mol. The van der Waals surface area contributed by atoms with Crippen LogP contribution in [0.2, 0.25) is 0 Å². The fourth-order valence-electron chi connectivity index (χ4n) is 3.97. The molecular weight excluding hydrogens is 428 g/mol. The van der Waals surface area contributed by atoms with Crippen molar-refractivity contribution in [1.82, 2.24) is 19.3 Å². The lowest BCUT2D eigenvalue weighted by Crippen LogP contribution is -2.15. The van der Waals surface area contributed by atoms with Crippen LogP contribution >= 0.6 is 23.1 Å². The molecule has 0 aromatic carbocycles. The Morgan fingerprint density at radius 2 is 2.26 bits per heavy atom. The van der Waals surface area contributed by atoms with Gasteiger partial charge in [0.15, 0.2) is 5.16 Å². The first-order chi connectivity index (χ1) is 15.0. The number of fused-ring (bicyclic) bond motifs is 1. The molecule has 9 heteroatoms. The Kier molecular flexibility index (Phi) is 6.49. The Morgan fingerprint density at radius 1 is 1.42 bits per heavy atom. The second kappa shape index (κ2) is 9.28. The van der Waals surface area contributed by atoms with Crippen LogP contribution in [0.1, 0.15) is 47.3 Å². The van der Waals surface area contributed by atoms with Crippen molar-refractivity contribution in [3.63, 3.8) is 0 Å². The van der Waals surface area contributed by atoms with Crippen LogP contribution in [0.3, 0.4) is 0 Å². The van der Waals surface area contributed by atoms with Crippen LogP contribution in [0.4, 0.5) is 5.00 Å². The summed E-state index contributed by atoms with van der Waals surface area (Å²) in [6, 6.07) is 6.38. The second-order valence-electron chi connectivity index (χ2n) is 7.92. The van der Waals surface area contributed by atoms with Crippen molar-refractivity contribution in [2.45, 2.75) is 44.2 Å². The number of amides is 1. The summed E-state index contributed by atoms with van der Waals surface area (Å²) in [5, 5.41) is 22.5. The van der Waals surface area contributed by atoms with E-state index in [1.807, 2.05) is 30.9 Å². The van der Waals surface area contributed by atoms with Gasteiger partial charge in [-0.1, -0.05) is 25.1 Å². The predicted octanol–water partition coefficient (Wildman–Crippen LogP) is 3.92. The molecular formula is C22H26N6OS2. The number of nitriles is 1. The van der Waals surface area contributed by atoms with E-state index in [-0.39, 0.29) is 11.7 Å². The maximum atomic E-state index is 12.6. The SMILES string of the molecule is CCC1CCc2c(sc(NC(=O)CSc3nnc(Cc4cccn4C)n3C)c2C#N)C1. The molecule has 1 atom stereocenters. The van der Waals surface area contributed by atoms with E-state index in [1.165, 1.54) is 16.6 Å². The van der Waals surface area contributed by atoms with Crippen LogP contribution < -0.4 is 5.32 Å². The molecule has 1 unspecified atom stereocenters. The summed E-state index contributed by atoms with van der Waals surface area (Å²) < 4.78 is 3.99. The summed E-state index contributed by atoms with van der Waals surface area (Å²) >= 11 is 2.92. The van der Waals surface area contributed by atoms with Gasteiger partial charge in [-0.05, 0) is 42.9 Å². The van der Waals surface area contributed by atoms with Gasteiger partial charge in [0.25, 0.3) is 0 Å². The highest BCUT2D eigenvalue weighted by atomic mass is 32.2. The molecule has 4 rings (SSSR count). The molecule has 3 heterocycles. The third kappa shape index (κ3) is 4.55. The molecule has 0 radical (unpaired) electrons. The van der Waals surface area contributed by atoms with E-state index >= 15 is 0 Å². The van der Waals surface area contributed by atoms with Crippen molar-refractivity contribution in [2.75, 3.05) is 11.1 Å². The molecule has 0 bridgehead atoms. The third-order valence-corrected chi connectivity index (χ3v) is 8.15. The fourth-order valence-corrected chi connectivity index (χ4v) is 6.03. The van der Waals surface area contributed by atoms with Gasteiger partial charge in [-0.15, -0.1) is 21.5 Å². The van der Waals surface area contributed by atoms with E-state index in [0.717, 1.165) is 42.8 Å². The minimum Gasteiger partial charge on any atom is -0.354 e. The van der Waals surface area contributed by atoms with Gasteiger partial charge in [-0.2, -0.15) is 5.26 Å². The molecule has 31 heavy (non-hydrogen) atoms. The van der Waals surface area contributed by atoms with Crippen LogP contribution in [-0.4, -0.2) is 31.0 Å². The smallest absolute Gasteiger partial charge is 0.235 e. The van der Waals surface area contributed by atoms with Gasteiger partial charge < -0.3 is 14.5 Å². The number of rotatable bonds is 7. The number of hydrogen-bond acceptors (Lipinski definition) is 6. The van der Waals surface area contributed by atoms with E-state index in [4.69, 9.17) is 0 Å². The molecule has 0 saturated carbocycles. The van der Waals surface area contributed by atoms with Gasteiger partial charge in [-0.3, -0.25) is 4.79 Å².